The van der Waals surface area contributed by atoms with Crippen molar-refractivity contribution < 1.29 is 4.43 Å². The smallest absolute Gasteiger partial charge is 0.193 e. The third kappa shape index (κ3) is 7.46. The fourth-order valence-corrected chi connectivity index (χ4v) is 5.97. The minimum atomic E-state index is -1.66. The summed E-state index contributed by atoms with van der Waals surface area (Å²) in [5.74, 6) is 0. The summed E-state index contributed by atoms with van der Waals surface area (Å²) in [4.78, 5) is 0. The molecule has 0 fully saturated rings. The normalized spacial score (nSPS) is 10.9. The van der Waals surface area contributed by atoms with E-state index in [9.17, 15) is 0 Å². The molecule has 0 aromatic heterocycles. The molecule has 0 saturated heterocycles. The lowest BCUT2D eigenvalue weighted by molar-refractivity contribution is 0.303. The molecule has 0 spiro atoms. The van der Waals surface area contributed by atoms with E-state index in [4.69, 9.17) is 4.43 Å². The van der Waals surface area contributed by atoms with Crippen molar-refractivity contribution >= 4 is 8.32 Å². The van der Waals surface area contributed by atoms with Crippen molar-refractivity contribution in [3.63, 3.8) is 0 Å². The Balaban J connectivity index is 4.59. The molecule has 0 heterocycles. The summed E-state index contributed by atoms with van der Waals surface area (Å²) in [6, 6.07) is 3.49. The second-order valence-electron chi connectivity index (χ2n) is 4.59. The van der Waals surface area contributed by atoms with Crippen LogP contribution in [0.15, 0.2) is 50.6 Å². The van der Waals surface area contributed by atoms with E-state index in [0.29, 0.717) is 0 Å². The molecule has 0 unspecified atom stereocenters. The molecule has 0 radical (unpaired) electrons. The van der Waals surface area contributed by atoms with Crippen molar-refractivity contribution in [1.82, 2.24) is 0 Å². The lowest BCUT2D eigenvalue weighted by atomic mass is 10.5. The molecule has 0 aromatic carbocycles. The van der Waals surface area contributed by atoms with E-state index in [0.717, 1.165) is 50.4 Å². The molecule has 102 valence electrons. The van der Waals surface area contributed by atoms with Crippen molar-refractivity contribution in [3.05, 3.63) is 50.6 Å². The van der Waals surface area contributed by atoms with Crippen molar-refractivity contribution in [1.29, 1.82) is 0 Å². The zero-order chi connectivity index (χ0) is 13.7. The number of rotatable bonds is 13. The van der Waals surface area contributed by atoms with Gasteiger partial charge in [0.2, 0.25) is 0 Å². The van der Waals surface area contributed by atoms with Crippen LogP contribution in [0.2, 0.25) is 18.1 Å². The topological polar surface area (TPSA) is 9.23 Å². The Labute approximate surface area is 114 Å². The van der Waals surface area contributed by atoms with Crippen molar-refractivity contribution in [2.75, 3.05) is 6.61 Å². The number of hydrogen-bond acceptors (Lipinski definition) is 1. The Bertz CT molecular complexity index is 227. The fraction of sp³-hybridized carbons (Fsp3) is 0.500. The molecule has 0 aliphatic rings. The molecule has 0 rings (SSSR count). The number of hydrogen-bond donors (Lipinski definition) is 0. The molecular formula is C16H28OSi. The summed E-state index contributed by atoms with van der Waals surface area (Å²) in [5.41, 5.74) is 0. The predicted molar refractivity (Wildman–Crippen MR) is 85.4 cm³/mol. The van der Waals surface area contributed by atoms with Gasteiger partial charge in [0.05, 0.1) is 0 Å². The SMILES string of the molecule is C=CCCO[Si](CCC=C)(CCC=C)CCC=C. The summed E-state index contributed by atoms with van der Waals surface area (Å²) in [6.07, 6.45) is 12.0. The highest BCUT2D eigenvalue weighted by Crippen LogP contribution is 2.28. The van der Waals surface area contributed by atoms with E-state index >= 15 is 0 Å². The van der Waals surface area contributed by atoms with Crippen molar-refractivity contribution in [3.8, 4) is 0 Å². The molecule has 1 nitrogen and oxygen atoms in total. The first-order chi connectivity index (χ1) is 8.74. The highest BCUT2D eigenvalue weighted by molar-refractivity contribution is 6.73. The maximum absolute atomic E-state index is 6.30. The quantitative estimate of drug-likeness (QED) is 0.251. The highest BCUT2D eigenvalue weighted by atomic mass is 28.4. The first-order valence-electron chi connectivity index (χ1n) is 6.82. The predicted octanol–water partition coefficient (Wildman–Crippen LogP) is 5.25. The highest BCUT2D eigenvalue weighted by Gasteiger charge is 2.32. The van der Waals surface area contributed by atoms with Gasteiger partial charge in [-0.15, -0.1) is 26.3 Å². The van der Waals surface area contributed by atoms with Gasteiger partial charge in [-0.1, -0.05) is 24.3 Å². The third-order valence-corrected chi connectivity index (χ3v) is 7.56. The first-order valence-corrected chi connectivity index (χ1v) is 9.35. The maximum atomic E-state index is 6.30. The van der Waals surface area contributed by atoms with Crippen LogP contribution in [-0.4, -0.2) is 14.9 Å². The van der Waals surface area contributed by atoms with Crippen LogP contribution >= 0.6 is 0 Å². The molecule has 0 aliphatic heterocycles. The average Bonchev–Trinajstić information content (AvgIpc) is 2.40. The van der Waals surface area contributed by atoms with E-state index in [2.05, 4.69) is 26.3 Å². The molecular weight excluding hydrogens is 236 g/mol. The Morgan fingerprint density at radius 2 is 1.06 bits per heavy atom. The second-order valence-corrected chi connectivity index (χ2v) is 8.75. The maximum Gasteiger partial charge on any atom is 0.193 e. The molecule has 2 heteroatoms. The van der Waals surface area contributed by atoms with Gasteiger partial charge >= 0.3 is 0 Å². The van der Waals surface area contributed by atoms with Gasteiger partial charge in [-0.05, 0) is 43.8 Å². The summed E-state index contributed by atoms with van der Waals surface area (Å²) in [6.45, 7) is 16.1. The summed E-state index contributed by atoms with van der Waals surface area (Å²) in [5, 5.41) is 0. The Hall–Kier alpha value is -0.863. The zero-order valence-electron chi connectivity index (χ0n) is 11.7. The van der Waals surface area contributed by atoms with Crippen LogP contribution in [0.3, 0.4) is 0 Å². The molecule has 0 atom stereocenters. The Morgan fingerprint density at radius 1 is 0.667 bits per heavy atom. The van der Waals surface area contributed by atoms with Crippen molar-refractivity contribution in [2.45, 2.75) is 43.8 Å². The van der Waals surface area contributed by atoms with Crippen LogP contribution in [-0.2, 0) is 4.43 Å². The van der Waals surface area contributed by atoms with Crippen LogP contribution in [0.4, 0.5) is 0 Å². The van der Waals surface area contributed by atoms with Gasteiger partial charge in [0.25, 0.3) is 0 Å². The molecule has 0 N–H and O–H groups in total. The van der Waals surface area contributed by atoms with Gasteiger partial charge in [-0.25, -0.2) is 0 Å². The summed E-state index contributed by atoms with van der Waals surface area (Å²) in [7, 11) is -1.66. The molecule has 18 heavy (non-hydrogen) atoms. The lowest BCUT2D eigenvalue weighted by Gasteiger charge is -2.31. The summed E-state index contributed by atoms with van der Waals surface area (Å²) < 4.78 is 6.30. The van der Waals surface area contributed by atoms with Gasteiger partial charge in [0.1, 0.15) is 0 Å². The fourth-order valence-electron chi connectivity index (χ4n) is 2.05. The number of allylic oxidation sites excluding steroid dienone is 3. The zero-order valence-corrected chi connectivity index (χ0v) is 12.7. The van der Waals surface area contributed by atoms with Crippen LogP contribution in [0.1, 0.15) is 25.7 Å². The largest absolute Gasteiger partial charge is 0.416 e. The van der Waals surface area contributed by atoms with Gasteiger partial charge in [-0.3, -0.25) is 0 Å². The van der Waals surface area contributed by atoms with Crippen molar-refractivity contribution in [2.24, 2.45) is 0 Å². The van der Waals surface area contributed by atoms with E-state index in [1.165, 1.54) is 0 Å². The molecule has 0 bridgehead atoms. The van der Waals surface area contributed by atoms with Gasteiger partial charge < -0.3 is 4.43 Å². The molecule has 0 amide bonds. The third-order valence-electron chi connectivity index (χ3n) is 3.14. The summed E-state index contributed by atoms with van der Waals surface area (Å²) >= 11 is 0. The minimum Gasteiger partial charge on any atom is -0.416 e. The van der Waals surface area contributed by atoms with E-state index in [-0.39, 0.29) is 0 Å². The van der Waals surface area contributed by atoms with Gasteiger partial charge in [-0.2, -0.15) is 0 Å². The lowest BCUT2D eigenvalue weighted by Crippen LogP contribution is -2.38. The Morgan fingerprint density at radius 3 is 1.39 bits per heavy atom. The van der Waals surface area contributed by atoms with Crippen LogP contribution in [0.5, 0.6) is 0 Å². The van der Waals surface area contributed by atoms with E-state index in [1.807, 2.05) is 24.3 Å². The minimum absolute atomic E-state index is 0.807. The first kappa shape index (κ1) is 17.1. The van der Waals surface area contributed by atoms with Gasteiger partial charge in [0.15, 0.2) is 8.32 Å². The molecule has 0 saturated carbocycles. The monoisotopic (exact) mass is 264 g/mol. The Kier molecular flexibility index (Phi) is 10.7. The van der Waals surface area contributed by atoms with Gasteiger partial charge in [0, 0.05) is 6.61 Å². The van der Waals surface area contributed by atoms with Crippen LogP contribution < -0.4 is 0 Å². The second kappa shape index (κ2) is 11.2. The van der Waals surface area contributed by atoms with Crippen LogP contribution in [0, 0.1) is 0 Å². The molecule has 0 aliphatic carbocycles. The standard InChI is InChI=1S/C16H28OSi/c1-5-9-13-17-18(14-10-6-2,15-11-7-3)16-12-8-4/h5-8H,1-4,9-16H2. The average molecular weight is 264 g/mol. The van der Waals surface area contributed by atoms with Crippen LogP contribution in [0.25, 0.3) is 0 Å². The molecule has 0 aromatic rings. The van der Waals surface area contributed by atoms with E-state index < -0.39 is 8.32 Å². The van der Waals surface area contributed by atoms with E-state index in [1.54, 1.807) is 0 Å².